The average molecular weight is 289 g/mol. The van der Waals surface area contributed by atoms with Crippen LogP contribution in [0.1, 0.15) is 36.0 Å². The van der Waals surface area contributed by atoms with Crippen LogP contribution in [0.15, 0.2) is 36.5 Å². The van der Waals surface area contributed by atoms with Crippen molar-refractivity contribution in [3.05, 3.63) is 42.1 Å². The second kappa shape index (κ2) is 5.41. The number of carbonyl (C=O) groups is 1. The maximum atomic E-state index is 12.6. The first-order chi connectivity index (χ1) is 9.74. The molecule has 0 aliphatic heterocycles. The van der Waals surface area contributed by atoms with Crippen molar-refractivity contribution in [3.63, 3.8) is 0 Å². The third-order valence-electron chi connectivity index (χ3n) is 4.09. The van der Waals surface area contributed by atoms with E-state index in [0.717, 1.165) is 36.6 Å². The van der Waals surface area contributed by atoms with E-state index >= 15 is 0 Å². The topological polar surface area (TPSA) is 42.0 Å². The monoisotopic (exact) mass is 288 g/mol. The predicted octanol–water partition coefficient (Wildman–Crippen LogP) is 3.52. The third-order valence-corrected chi connectivity index (χ3v) is 4.60. The lowest BCUT2D eigenvalue weighted by molar-refractivity contribution is 0.0911. The van der Waals surface area contributed by atoms with Crippen LogP contribution in [0.5, 0.6) is 0 Å². The predicted molar refractivity (Wildman–Crippen MR) is 81.1 cm³/mol. The number of hydrogen-bond donors (Lipinski definition) is 1. The van der Waals surface area contributed by atoms with Crippen LogP contribution in [0.2, 0.25) is 0 Å². The van der Waals surface area contributed by atoms with E-state index in [0.29, 0.717) is 11.4 Å². The number of aromatic nitrogens is 1. The van der Waals surface area contributed by atoms with Crippen LogP contribution in [0.3, 0.4) is 0 Å². The van der Waals surface area contributed by atoms with Crippen LogP contribution in [0.25, 0.3) is 10.9 Å². The largest absolute Gasteiger partial charge is 0.345 e. The van der Waals surface area contributed by atoms with Gasteiger partial charge in [-0.25, -0.2) is 0 Å². The number of amides is 1. The molecule has 3 rings (SSSR count). The highest BCUT2D eigenvalue weighted by Crippen LogP contribution is 2.31. The Morgan fingerprint density at radius 2 is 2.00 bits per heavy atom. The average Bonchev–Trinajstić information content (AvgIpc) is 2.95. The van der Waals surface area contributed by atoms with Crippen molar-refractivity contribution in [2.24, 2.45) is 0 Å². The van der Waals surface area contributed by atoms with Crippen LogP contribution in [0, 0.1) is 0 Å². The first-order valence-electron chi connectivity index (χ1n) is 6.96. The lowest BCUT2D eigenvalue weighted by Gasteiger charge is -2.28. The summed E-state index contributed by atoms with van der Waals surface area (Å²) in [6.07, 6.45) is 5.87. The van der Waals surface area contributed by atoms with E-state index in [1.54, 1.807) is 12.3 Å². The molecular weight excluding hydrogens is 272 g/mol. The summed E-state index contributed by atoms with van der Waals surface area (Å²) in [4.78, 5) is 16.9. The Balaban J connectivity index is 1.93. The summed E-state index contributed by atoms with van der Waals surface area (Å²) in [5, 5.41) is 4.04. The Morgan fingerprint density at radius 1 is 1.25 bits per heavy atom. The summed E-state index contributed by atoms with van der Waals surface area (Å²) in [6, 6.07) is 9.47. The molecule has 0 unspecified atom stereocenters. The molecule has 0 atom stereocenters. The lowest BCUT2D eigenvalue weighted by atomic mass is 9.99. The van der Waals surface area contributed by atoms with Gasteiger partial charge in [0.15, 0.2) is 0 Å². The van der Waals surface area contributed by atoms with Gasteiger partial charge < -0.3 is 5.32 Å². The molecule has 1 aromatic heterocycles. The molecule has 1 fully saturated rings. The van der Waals surface area contributed by atoms with Gasteiger partial charge in [0.25, 0.3) is 5.91 Å². The quantitative estimate of drug-likeness (QED) is 0.878. The maximum absolute atomic E-state index is 12.6. The van der Waals surface area contributed by atoms with Crippen LogP contribution in [0.4, 0.5) is 0 Å². The van der Waals surface area contributed by atoms with Crippen molar-refractivity contribution in [1.82, 2.24) is 10.3 Å². The summed E-state index contributed by atoms with van der Waals surface area (Å²) < 4.78 is 0. The van der Waals surface area contributed by atoms with Gasteiger partial charge in [-0.3, -0.25) is 9.78 Å². The van der Waals surface area contributed by atoms with Gasteiger partial charge in [-0.1, -0.05) is 31.0 Å². The van der Waals surface area contributed by atoms with Gasteiger partial charge >= 0.3 is 0 Å². The number of fused-ring (bicyclic) bond motifs is 1. The van der Waals surface area contributed by atoms with Crippen LogP contribution in [-0.2, 0) is 0 Å². The Labute approximate surface area is 123 Å². The molecule has 4 heteroatoms. The Bertz CT molecular complexity index is 630. The number of halogens is 1. The van der Waals surface area contributed by atoms with Crippen LogP contribution in [-0.4, -0.2) is 22.3 Å². The fraction of sp³-hybridized carbons (Fsp3) is 0.375. The van der Waals surface area contributed by atoms with Crippen molar-refractivity contribution in [2.45, 2.75) is 31.2 Å². The Kier molecular flexibility index (Phi) is 3.62. The molecule has 3 nitrogen and oxygen atoms in total. The highest BCUT2D eigenvalue weighted by atomic mass is 35.5. The molecule has 0 spiro atoms. The standard InChI is InChI=1S/C16H17ClN2O/c17-11-16(8-3-4-9-16)19-15(20)13-7-10-18-14-6-2-1-5-12(13)14/h1-2,5-7,10H,3-4,8-9,11H2,(H,19,20). The lowest BCUT2D eigenvalue weighted by Crippen LogP contribution is -2.47. The number of nitrogens with one attached hydrogen (secondary N) is 1. The van der Waals surface area contributed by atoms with Crippen molar-refractivity contribution < 1.29 is 4.79 Å². The second-order valence-electron chi connectivity index (χ2n) is 5.45. The highest BCUT2D eigenvalue weighted by Gasteiger charge is 2.34. The highest BCUT2D eigenvalue weighted by molar-refractivity contribution is 6.19. The molecule has 2 aromatic rings. The minimum atomic E-state index is -0.233. The number of hydrogen-bond acceptors (Lipinski definition) is 2. The van der Waals surface area contributed by atoms with Crippen LogP contribution < -0.4 is 5.32 Å². The summed E-state index contributed by atoms with van der Waals surface area (Å²) in [7, 11) is 0. The normalized spacial score (nSPS) is 17.2. The number of nitrogens with zero attached hydrogens (tertiary/aromatic N) is 1. The van der Waals surface area contributed by atoms with E-state index in [-0.39, 0.29) is 11.4 Å². The van der Waals surface area contributed by atoms with Gasteiger partial charge in [0, 0.05) is 17.5 Å². The third kappa shape index (κ3) is 2.38. The molecule has 20 heavy (non-hydrogen) atoms. The molecule has 0 bridgehead atoms. The van der Waals surface area contributed by atoms with Gasteiger partial charge in [-0.05, 0) is 25.0 Å². The van der Waals surface area contributed by atoms with E-state index in [9.17, 15) is 4.79 Å². The van der Waals surface area contributed by atoms with Crippen molar-refractivity contribution >= 4 is 28.4 Å². The first-order valence-corrected chi connectivity index (χ1v) is 7.50. The molecule has 104 valence electrons. The number of alkyl halides is 1. The maximum Gasteiger partial charge on any atom is 0.252 e. The van der Waals surface area contributed by atoms with Crippen molar-refractivity contribution in [1.29, 1.82) is 0 Å². The Morgan fingerprint density at radius 3 is 2.75 bits per heavy atom. The second-order valence-corrected chi connectivity index (χ2v) is 5.72. The van der Waals surface area contributed by atoms with E-state index in [1.165, 1.54) is 0 Å². The molecule has 1 saturated carbocycles. The fourth-order valence-electron chi connectivity index (χ4n) is 2.95. The van der Waals surface area contributed by atoms with E-state index in [2.05, 4.69) is 10.3 Å². The van der Waals surface area contributed by atoms with Crippen molar-refractivity contribution in [3.8, 4) is 0 Å². The SMILES string of the molecule is O=C(NC1(CCl)CCCC1)c1ccnc2ccccc12. The molecule has 1 heterocycles. The molecule has 1 amide bonds. The van der Waals surface area contributed by atoms with Gasteiger partial charge in [0.05, 0.1) is 16.6 Å². The first kappa shape index (κ1) is 13.4. The van der Waals surface area contributed by atoms with E-state index < -0.39 is 0 Å². The molecule has 1 aliphatic carbocycles. The van der Waals surface area contributed by atoms with Crippen molar-refractivity contribution in [2.75, 3.05) is 5.88 Å². The molecule has 1 N–H and O–H groups in total. The summed E-state index contributed by atoms with van der Waals surface area (Å²) in [5.74, 6) is 0.424. The number of rotatable bonds is 3. The summed E-state index contributed by atoms with van der Waals surface area (Å²) in [6.45, 7) is 0. The summed E-state index contributed by atoms with van der Waals surface area (Å²) in [5.41, 5.74) is 1.28. The minimum Gasteiger partial charge on any atom is -0.345 e. The van der Waals surface area contributed by atoms with Gasteiger partial charge in [-0.15, -0.1) is 11.6 Å². The van der Waals surface area contributed by atoms with Gasteiger partial charge in [0.1, 0.15) is 0 Å². The molecule has 0 radical (unpaired) electrons. The number of para-hydroxylation sites is 1. The smallest absolute Gasteiger partial charge is 0.252 e. The van der Waals surface area contributed by atoms with E-state index in [1.807, 2.05) is 24.3 Å². The Hall–Kier alpha value is -1.61. The van der Waals surface area contributed by atoms with Crippen LogP contribution >= 0.6 is 11.6 Å². The minimum absolute atomic E-state index is 0.0499. The number of pyridine rings is 1. The summed E-state index contributed by atoms with van der Waals surface area (Å²) >= 11 is 6.09. The zero-order valence-electron chi connectivity index (χ0n) is 11.2. The molecule has 1 aromatic carbocycles. The van der Waals surface area contributed by atoms with Gasteiger partial charge in [-0.2, -0.15) is 0 Å². The molecular formula is C16H17ClN2O. The van der Waals surface area contributed by atoms with E-state index in [4.69, 9.17) is 11.6 Å². The fourth-order valence-corrected chi connectivity index (χ4v) is 3.28. The molecule has 1 aliphatic rings. The number of carbonyl (C=O) groups excluding carboxylic acids is 1. The number of benzene rings is 1. The molecule has 0 saturated heterocycles. The van der Waals surface area contributed by atoms with Gasteiger partial charge in [0.2, 0.25) is 0 Å². The zero-order valence-corrected chi connectivity index (χ0v) is 12.0. The zero-order chi connectivity index (χ0) is 14.0.